The molecule has 2 amide bonds. The first kappa shape index (κ1) is 31.7. The topological polar surface area (TPSA) is 86.8 Å². The van der Waals surface area contributed by atoms with Crippen LogP contribution >= 0.6 is 34.8 Å². The lowest BCUT2D eigenvalue weighted by Crippen LogP contribution is -2.54. The Morgan fingerprint density at radius 3 is 2.08 bits per heavy atom. The molecule has 7 nitrogen and oxygen atoms in total. The highest BCUT2D eigenvalue weighted by Crippen LogP contribution is 2.28. The van der Waals surface area contributed by atoms with Gasteiger partial charge in [0.2, 0.25) is 21.8 Å². The normalized spacial score (nSPS) is 12.8. The maximum Gasteiger partial charge on any atom is 0.244 e. The summed E-state index contributed by atoms with van der Waals surface area (Å²) in [5.74, 6) is -0.924. The van der Waals surface area contributed by atoms with Crippen LogP contribution in [0.4, 0.5) is 5.69 Å². The SMILES string of the molecule is CC[C@@H](C)NC(=O)[C@@H](Cc1ccccc1)N(Cc1cccc(Cl)c1)C(=O)CN(c1cc(Cl)cc(Cl)c1)S(C)(=O)=O. The number of sulfonamides is 1. The molecule has 0 aliphatic heterocycles. The summed E-state index contributed by atoms with van der Waals surface area (Å²) in [6.07, 6.45) is 1.91. The van der Waals surface area contributed by atoms with Crippen LogP contribution in [0.3, 0.4) is 0 Å². The van der Waals surface area contributed by atoms with Crippen LogP contribution in [-0.4, -0.2) is 50.0 Å². The number of anilines is 1. The monoisotopic (exact) mass is 623 g/mol. The molecule has 0 bridgehead atoms. The lowest BCUT2D eigenvalue weighted by Gasteiger charge is -2.34. The summed E-state index contributed by atoms with van der Waals surface area (Å²) in [6, 6.07) is 19.5. The number of hydrogen-bond acceptors (Lipinski definition) is 4. The number of amides is 2. The highest BCUT2D eigenvalue weighted by Gasteiger charge is 2.33. The molecular formula is C29H32Cl3N3O4S. The maximum absolute atomic E-state index is 14.1. The van der Waals surface area contributed by atoms with Crippen molar-refractivity contribution in [1.29, 1.82) is 0 Å². The first-order chi connectivity index (χ1) is 18.9. The van der Waals surface area contributed by atoms with Gasteiger partial charge in [0.25, 0.3) is 0 Å². The molecule has 0 aliphatic carbocycles. The lowest BCUT2D eigenvalue weighted by molar-refractivity contribution is -0.140. The number of nitrogens with one attached hydrogen (secondary N) is 1. The van der Waals surface area contributed by atoms with Gasteiger partial charge in [-0.3, -0.25) is 13.9 Å². The molecule has 3 aromatic carbocycles. The molecule has 3 aromatic rings. The van der Waals surface area contributed by atoms with Crippen LogP contribution in [0.1, 0.15) is 31.4 Å². The minimum Gasteiger partial charge on any atom is -0.352 e. The lowest BCUT2D eigenvalue weighted by atomic mass is 10.0. The fourth-order valence-electron chi connectivity index (χ4n) is 4.12. The van der Waals surface area contributed by atoms with Gasteiger partial charge in [0.05, 0.1) is 11.9 Å². The van der Waals surface area contributed by atoms with E-state index in [2.05, 4.69) is 5.32 Å². The minimum absolute atomic E-state index is 0.0265. The second kappa shape index (κ2) is 14.2. The van der Waals surface area contributed by atoms with Gasteiger partial charge >= 0.3 is 0 Å². The van der Waals surface area contributed by atoms with Crippen LogP contribution in [-0.2, 0) is 32.6 Å². The molecular weight excluding hydrogens is 593 g/mol. The van der Waals surface area contributed by atoms with E-state index in [0.29, 0.717) is 17.0 Å². The zero-order valence-corrected chi connectivity index (χ0v) is 25.6. The number of benzene rings is 3. The number of hydrogen-bond donors (Lipinski definition) is 1. The average molecular weight is 625 g/mol. The van der Waals surface area contributed by atoms with Crippen LogP contribution < -0.4 is 9.62 Å². The van der Waals surface area contributed by atoms with Gasteiger partial charge in [-0.1, -0.05) is 84.2 Å². The van der Waals surface area contributed by atoms with Gasteiger partial charge < -0.3 is 10.2 Å². The smallest absolute Gasteiger partial charge is 0.244 e. The van der Waals surface area contributed by atoms with E-state index in [1.165, 1.54) is 23.1 Å². The fourth-order valence-corrected chi connectivity index (χ4v) is 5.68. The van der Waals surface area contributed by atoms with Crippen LogP contribution in [0.5, 0.6) is 0 Å². The van der Waals surface area contributed by atoms with Gasteiger partial charge in [0.15, 0.2) is 0 Å². The molecule has 1 N–H and O–H groups in total. The van der Waals surface area contributed by atoms with E-state index in [1.54, 1.807) is 24.3 Å². The molecule has 0 aliphatic rings. The van der Waals surface area contributed by atoms with Crippen molar-refractivity contribution in [3.05, 3.63) is 99.0 Å². The summed E-state index contributed by atoms with van der Waals surface area (Å²) in [6.45, 7) is 3.29. The van der Waals surface area contributed by atoms with E-state index < -0.39 is 28.5 Å². The third kappa shape index (κ3) is 9.13. The van der Waals surface area contributed by atoms with Gasteiger partial charge in [-0.05, 0) is 54.8 Å². The molecule has 0 heterocycles. The Hall–Kier alpha value is -2.78. The van der Waals surface area contributed by atoms with Crippen molar-refractivity contribution in [2.45, 2.75) is 45.3 Å². The van der Waals surface area contributed by atoms with Crippen molar-refractivity contribution in [3.63, 3.8) is 0 Å². The zero-order valence-electron chi connectivity index (χ0n) is 22.5. The van der Waals surface area contributed by atoms with E-state index in [1.807, 2.05) is 44.2 Å². The standard InChI is InChI=1S/C29H32Cl3N3O4S/c1-4-20(2)33-29(37)27(14-21-9-6-5-7-10-21)34(18-22-11-8-12-23(30)13-22)28(36)19-35(40(3,38)39)26-16-24(31)15-25(32)17-26/h5-13,15-17,20,27H,4,14,18-19H2,1-3H3,(H,33,37)/t20-,27-/m1/s1. The first-order valence-electron chi connectivity index (χ1n) is 12.7. The molecule has 0 saturated carbocycles. The van der Waals surface area contributed by atoms with Gasteiger partial charge in [-0.25, -0.2) is 8.42 Å². The Labute approximate surface area is 251 Å². The van der Waals surface area contributed by atoms with Crippen LogP contribution in [0.15, 0.2) is 72.8 Å². The molecule has 0 fully saturated rings. The summed E-state index contributed by atoms with van der Waals surface area (Å²) in [4.78, 5) is 29.1. The summed E-state index contributed by atoms with van der Waals surface area (Å²) in [5, 5.41) is 3.89. The third-order valence-electron chi connectivity index (χ3n) is 6.33. The highest BCUT2D eigenvalue weighted by atomic mass is 35.5. The Balaban J connectivity index is 2.08. The van der Waals surface area contributed by atoms with Crippen molar-refractivity contribution >= 4 is 62.3 Å². The summed E-state index contributed by atoms with van der Waals surface area (Å²) in [5.41, 5.74) is 1.67. The number of carbonyl (C=O) groups is 2. The van der Waals surface area contributed by atoms with Crippen molar-refractivity contribution in [2.24, 2.45) is 0 Å². The van der Waals surface area contributed by atoms with Crippen LogP contribution in [0, 0.1) is 0 Å². The average Bonchev–Trinajstić information content (AvgIpc) is 2.88. The van der Waals surface area contributed by atoms with Gasteiger partial charge in [0, 0.05) is 34.1 Å². The predicted molar refractivity (Wildman–Crippen MR) is 162 cm³/mol. The molecule has 214 valence electrons. The quantitative estimate of drug-likeness (QED) is 0.269. The molecule has 2 atom stereocenters. The summed E-state index contributed by atoms with van der Waals surface area (Å²) < 4.78 is 26.7. The molecule has 3 rings (SSSR count). The van der Waals surface area contributed by atoms with E-state index in [9.17, 15) is 18.0 Å². The Bertz CT molecular complexity index is 1420. The second-order valence-corrected chi connectivity index (χ2v) is 12.8. The first-order valence-corrected chi connectivity index (χ1v) is 15.7. The number of nitrogens with zero attached hydrogens (tertiary/aromatic N) is 2. The largest absolute Gasteiger partial charge is 0.352 e. The van der Waals surface area contributed by atoms with Gasteiger partial charge in [0.1, 0.15) is 12.6 Å². The molecule has 0 radical (unpaired) electrons. The maximum atomic E-state index is 14.1. The molecule has 0 spiro atoms. The Morgan fingerprint density at radius 1 is 0.875 bits per heavy atom. The number of halogens is 3. The van der Waals surface area contributed by atoms with E-state index in [4.69, 9.17) is 34.8 Å². The van der Waals surface area contributed by atoms with E-state index >= 15 is 0 Å². The molecule has 40 heavy (non-hydrogen) atoms. The zero-order chi connectivity index (χ0) is 29.4. The molecule has 11 heteroatoms. The fraction of sp³-hybridized carbons (Fsp3) is 0.310. The Kier molecular flexibility index (Phi) is 11.3. The summed E-state index contributed by atoms with van der Waals surface area (Å²) >= 11 is 18.5. The Morgan fingerprint density at radius 2 is 1.50 bits per heavy atom. The molecule has 0 saturated heterocycles. The summed E-state index contributed by atoms with van der Waals surface area (Å²) in [7, 11) is -3.94. The van der Waals surface area contributed by atoms with Crippen molar-refractivity contribution < 1.29 is 18.0 Å². The van der Waals surface area contributed by atoms with Gasteiger partial charge in [-0.15, -0.1) is 0 Å². The van der Waals surface area contributed by atoms with E-state index in [0.717, 1.165) is 16.1 Å². The second-order valence-electron chi connectivity index (χ2n) is 9.57. The van der Waals surface area contributed by atoms with Crippen molar-refractivity contribution in [2.75, 3.05) is 17.1 Å². The van der Waals surface area contributed by atoms with E-state index in [-0.39, 0.29) is 40.6 Å². The number of carbonyl (C=O) groups excluding carboxylic acids is 2. The van der Waals surface area contributed by atoms with Crippen molar-refractivity contribution in [3.8, 4) is 0 Å². The van der Waals surface area contributed by atoms with Crippen molar-refractivity contribution in [1.82, 2.24) is 10.2 Å². The predicted octanol–water partition coefficient (Wildman–Crippen LogP) is 5.97. The van der Waals surface area contributed by atoms with Crippen LogP contribution in [0.25, 0.3) is 0 Å². The molecule has 0 unspecified atom stereocenters. The molecule has 0 aromatic heterocycles. The number of rotatable bonds is 12. The highest BCUT2D eigenvalue weighted by molar-refractivity contribution is 7.92. The van der Waals surface area contributed by atoms with Crippen LogP contribution in [0.2, 0.25) is 15.1 Å². The minimum atomic E-state index is -3.94. The van der Waals surface area contributed by atoms with Gasteiger partial charge in [-0.2, -0.15) is 0 Å². The third-order valence-corrected chi connectivity index (χ3v) is 8.14.